The molecule has 0 fully saturated rings. The first kappa shape index (κ1) is 12.8. The molecule has 0 spiro atoms. The minimum atomic E-state index is -0.407. The van der Waals surface area contributed by atoms with Gasteiger partial charge in [-0.1, -0.05) is 6.92 Å². The topological polar surface area (TPSA) is 64.1 Å². The highest BCUT2D eigenvalue weighted by Crippen LogP contribution is 2.09. The van der Waals surface area contributed by atoms with Crippen molar-refractivity contribution in [3.8, 4) is 0 Å². The summed E-state index contributed by atoms with van der Waals surface area (Å²) in [6, 6.07) is 3.78. The molecule has 2 aromatic heterocycles. The van der Waals surface area contributed by atoms with E-state index >= 15 is 0 Å². The van der Waals surface area contributed by atoms with Gasteiger partial charge in [-0.05, 0) is 25.0 Å². The van der Waals surface area contributed by atoms with Crippen LogP contribution in [0.3, 0.4) is 0 Å². The summed E-state index contributed by atoms with van der Waals surface area (Å²) in [5.41, 5.74) is 0. The van der Waals surface area contributed by atoms with Crippen LogP contribution in [0.15, 0.2) is 29.1 Å². The molecule has 5 heteroatoms. The van der Waals surface area contributed by atoms with Crippen LogP contribution < -0.4 is 0 Å². The molecule has 2 aromatic rings. The summed E-state index contributed by atoms with van der Waals surface area (Å²) >= 11 is 0. The lowest BCUT2D eigenvalue weighted by molar-refractivity contribution is 0.159. The van der Waals surface area contributed by atoms with Gasteiger partial charge in [-0.3, -0.25) is 4.68 Å². The first-order valence-corrected chi connectivity index (χ1v) is 6.36. The molecule has 5 nitrogen and oxygen atoms in total. The fourth-order valence-corrected chi connectivity index (χ4v) is 1.92. The van der Waals surface area contributed by atoms with Gasteiger partial charge < -0.3 is 9.52 Å². The fraction of sp³-hybridized carbons (Fsp3) is 0.538. The molecule has 1 atom stereocenters. The van der Waals surface area contributed by atoms with Crippen molar-refractivity contribution in [1.29, 1.82) is 0 Å². The Balaban J connectivity index is 1.82. The quantitative estimate of drug-likeness (QED) is 0.813. The Hall–Kier alpha value is -1.62. The molecule has 0 saturated carbocycles. The van der Waals surface area contributed by atoms with Crippen LogP contribution in [-0.2, 0) is 19.4 Å². The van der Waals surface area contributed by atoms with E-state index in [0.717, 1.165) is 31.0 Å². The van der Waals surface area contributed by atoms with E-state index in [-0.39, 0.29) is 0 Å². The number of hydrogen-bond acceptors (Lipinski definition) is 4. The largest absolute Gasteiger partial charge is 0.469 e. The van der Waals surface area contributed by atoms with Gasteiger partial charge in [0.1, 0.15) is 17.9 Å². The van der Waals surface area contributed by atoms with Gasteiger partial charge >= 0.3 is 0 Å². The number of aryl methyl sites for hydroxylation is 2. The maximum atomic E-state index is 9.99. The number of nitrogens with zero attached hydrogens (tertiary/aromatic N) is 3. The smallest absolute Gasteiger partial charge is 0.138 e. The standard InChI is InChI=1S/C13H19N3O2/c1-2-7-16-13(14-10-15-16)9-11(17)5-6-12-4-3-8-18-12/h3-4,8,10-11,17H,2,5-7,9H2,1H3. The Bertz CT molecular complexity index is 451. The van der Waals surface area contributed by atoms with Crippen molar-refractivity contribution in [3.05, 3.63) is 36.3 Å². The predicted octanol–water partition coefficient (Wildman–Crippen LogP) is 1.82. The molecular weight excluding hydrogens is 230 g/mol. The van der Waals surface area contributed by atoms with Gasteiger partial charge in [-0.15, -0.1) is 0 Å². The summed E-state index contributed by atoms with van der Waals surface area (Å²) in [5.74, 6) is 1.76. The summed E-state index contributed by atoms with van der Waals surface area (Å²) in [6.45, 7) is 2.94. The van der Waals surface area contributed by atoms with Crippen LogP contribution in [0.4, 0.5) is 0 Å². The van der Waals surface area contributed by atoms with Gasteiger partial charge in [-0.2, -0.15) is 5.10 Å². The van der Waals surface area contributed by atoms with Gasteiger partial charge in [0.2, 0.25) is 0 Å². The number of aromatic nitrogens is 3. The number of hydrogen-bond donors (Lipinski definition) is 1. The van der Waals surface area contributed by atoms with Crippen molar-refractivity contribution in [2.75, 3.05) is 0 Å². The SMILES string of the molecule is CCCn1ncnc1CC(O)CCc1ccco1. The Labute approximate surface area is 106 Å². The minimum Gasteiger partial charge on any atom is -0.469 e. The van der Waals surface area contributed by atoms with Crippen LogP contribution in [0.25, 0.3) is 0 Å². The minimum absolute atomic E-state index is 0.407. The molecule has 18 heavy (non-hydrogen) atoms. The average molecular weight is 249 g/mol. The van der Waals surface area contributed by atoms with Crippen LogP contribution in [0.2, 0.25) is 0 Å². The zero-order chi connectivity index (χ0) is 12.8. The van der Waals surface area contributed by atoms with Gasteiger partial charge in [-0.25, -0.2) is 4.98 Å². The second-order valence-electron chi connectivity index (χ2n) is 4.38. The van der Waals surface area contributed by atoms with Crippen molar-refractivity contribution >= 4 is 0 Å². The summed E-state index contributed by atoms with van der Waals surface area (Å²) in [7, 11) is 0. The maximum Gasteiger partial charge on any atom is 0.138 e. The molecule has 0 radical (unpaired) electrons. The molecule has 2 heterocycles. The Morgan fingerprint density at radius 2 is 2.39 bits per heavy atom. The number of rotatable bonds is 7. The summed E-state index contributed by atoms with van der Waals surface area (Å²) in [5, 5.41) is 14.1. The highest BCUT2D eigenvalue weighted by Gasteiger charge is 2.11. The number of aliphatic hydroxyl groups is 1. The monoisotopic (exact) mass is 249 g/mol. The predicted molar refractivity (Wildman–Crippen MR) is 67.1 cm³/mol. The Morgan fingerprint density at radius 1 is 1.50 bits per heavy atom. The Morgan fingerprint density at radius 3 is 3.11 bits per heavy atom. The first-order chi connectivity index (χ1) is 8.79. The van der Waals surface area contributed by atoms with E-state index in [2.05, 4.69) is 17.0 Å². The van der Waals surface area contributed by atoms with Crippen LogP contribution in [0.1, 0.15) is 31.4 Å². The molecule has 0 aliphatic carbocycles. The van der Waals surface area contributed by atoms with E-state index in [1.807, 2.05) is 16.8 Å². The first-order valence-electron chi connectivity index (χ1n) is 6.36. The molecular formula is C13H19N3O2. The van der Waals surface area contributed by atoms with Crippen LogP contribution in [-0.4, -0.2) is 26.0 Å². The summed E-state index contributed by atoms with van der Waals surface area (Å²) in [6.07, 6.45) is 5.77. The molecule has 1 unspecified atom stereocenters. The van der Waals surface area contributed by atoms with E-state index in [1.165, 1.54) is 0 Å². The lowest BCUT2D eigenvalue weighted by Gasteiger charge is -2.10. The molecule has 2 rings (SSSR count). The van der Waals surface area contributed by atoms with Crippen molar-refractivity contribution < 1.29 is 9.52 Å². The van der Waals surface area contributed by atoms with E-state index in [0.29, 0.717) is 12.8 Å². The molecule has 0 aromatic carbocycles. The highest BCUT2D eigenvalue weighted by molar-refractivity contribution is 4.98. The van der Waals surface area contributed by atoms with Crippen LogP contribution >= 0.6 is 0 Å². The normalized spacial score (nSPS) is 12.8. The summed E-state index contributed by atoms with van der Waals surface area (Å²) < 4.78 is 7.09. The van der Waals surface area contributed by atoms with Gasteiger partial charge in [0.25, 0.3) is 0 Å². The molecule has 0 amide bonds. The van der Waals surface area contributed by atoms with Gasteiger partial charge in [0, 0.05) is 19.4 Å². The van der Waals surface area contributed by atoms with Gasteiger partial charge in [0.15, 0.2) is 0 Å². The van der Waals surface area contributed by atoms with Crippen LogP contribution in [0.5, 0.6) is 0 Å². The number of aliphatic hydroxyl groups excluding tert-OH is 1. The average Bonchev–Trinajstić information content (AvgIpc) is 2.99. The third-order valence-electron chi connectivity index (χ3n) is 2.85. The van der Waals surface area contributed by atoms with Crippen molar-refractivity contribution in [1.82, 2.24) is 14.8 Å². The van der Waals surface area contributed by atoms with Crippen LogP contribution in [0, 0.1) is 0 Å². The zero-order valence-electron chi connectivity index (χ0n) is 10.6. The van der Waals surface area contributed by atoms with E-state index in [4.69, 9.17) is 4.42 Å². The van der Waals surface area contributed by atoms with Crippen molar-refractivity contribution in [2.45, 2.75) is 45.3 Å². The molecule has 0 aliphatic heterocycles. The molecule has 1 N–H and O–H groups in total. The second kappa shape index (κ2) is 6.35. The van der Waals surface area contributed by atoms with E-state index in [1.54, 1.807) is 12.6 Å². The summed E-state index contributed by atoms with van der Waals surface area (Å²) in [4.78, 5) is 4.19. The van der Waals surface area contributed by atoms with Crippen molar-refractivity contribution in [2.24, 2.45) is 0 Å². The molecule has 98 valence electrons. The fourth-order valence-electron chi connectivity index (χ4n) is 1.92. The second-order valence-corrected chi connectivity index (χ2v) is 4.38. The number of furan rings is 1. The lowest BCUT2D eigenvalue weighted by atomic mass is 10.1. The van der Waals surface area contributed by atoms with Gasteiger partial charge in [0.05, 0.1) is 12.4 Å². The highest BCUT2D eigenvalue weighted by atomic mass is 16.3. The molecule has 0 aliphatic rings. The Kier molecular flexibility index (Phi) is 4.52. The third-order valence-corrected chi connectivity index (χ3v) is 2.85. The maximum absolute atomic E-state index is 9.99. The lowest BCUT2D eigenvalue weighted by Crippen LogP contribution is -2.16. The van der Waals surface area contributed by atoms with E-state index < -0.39 is 6.10 Å². The van der Waals surface area contributed by atoms with Crippen molar-refractivity contribution in [3.63, 3.8) is 0 Å². The third kappa shape index (κ3) is 3.43. The van der Waals surface area contributed by atoms with E-state index in [9.17, 15) is 5.11 Å². The molecule has 0 saturated heterocycles. The zero-order valence-corrected chi connectivity index (χ0v) is 10.6. The molecule has 0 bridgehead atoms.